The number of aromatic nitrogens is 3. The highest BCUT2D eigenvalue weighted by Gasteiger charge is 2.32. The van der Waals surface area contributed by atoms with Gasteiger partial charge in [0.1, 0.15) is 17.7 Å². The van der Waals surface area contributed by atoms with E-state index in [4.69, 9.17) is 16.3 Å². The molecule has 1 saturated heterocycles. The molecule has 2 aliphatic heterocycles. The minimum Gasteiger partial charge on any atom is -0.489 e. The summed E-state index contributed by atoms with van der Waals surface area (Å²) in [6, 6.07) is 4.16. The number of aryl methyl sites for hydroxylation is 2. The maximum atomic E-state index is 14.1. The number of halogens is 2. The molecule has 1 amide bonds. The summed E-state index contributed by atoms with van der Waals surface area (Å²) in [6.07, 6.45) is 2.83. The number of carbonyl (C=O) groups is 1. The molecule has 0 saturated carbocycles. The van der Waals surface area contributed by atoms with Gasteiger partial charge in [-0.2, -0.15) is 5.10 Å². The highest BCUT2D eigenvalue weighted by molar-refractivity contribution is 6.31. The minimum absolute atomic E-state index is 0.0265. The molecule has 180 valence electrons. The van der Waals surface area contributed by atoms with Crippen LogP contribution in [-0.2, 0) is 13.1 Å². The topological polar surface area (TPSA) is 63.0 Å². The Morgan fingerprint density at radius 3 is 2.74 bits per heavy atom. The average molecular weight is 486 g/mol. The second-order valence-corrected chi connectivity index (χ2v) is 9.60. The number of nitrogens with zero attached hydrogens (tertiary/aromatic N) is 5. The van der Waals surface area contributed by atoms with Crippen LogP contribution in [0.1, 0.15) is 59.2 Å². The lowest BCUT2D eigenvalue weighted by molar-refractivity contribution is 0.0727. The molecule has 1 fully saturated rings. The monoisotopic (exact) mass is 485 g/mol. The summed E-state index contributed by atoms with van der Waals surface area (Å²) in [6.45, 7) is 9.68. The molecule has 34 heavy (non-hydrogen) atoms. The van der Waals surface area contributed by atoms with Crippen molar-refractivity contribution in [1.82, 2.24) is 24.4 Å². The van der Waals surface area contributed by atoms with E-state index in [9.17, 15) is 9.18 Å². The molecule has 1 aromatic carbocycles. The molecule has 0 radical (unpaired) electrons. The van der Waals surface area contributed by atoms with Crippen LogP contribution in [0.3, 0.4) is 0 Å². The van der Waals surface area contributed by atoms with Crippen LogP contribution >= 0.6 is 11.6 Å². The van der Waals surface area contributed by atoms with Gasteiger partial charge in [0.15, 0.2) is 5.65 Å². The SMILES string of the molecule is CCCN1CCC(Oc2cc(F)ccc2C(=O)N2Cc3nn4c(C)c(Cl)c(C)nc4c3C2)CC1. The van der Waals surface area contributed by atoms with Crippen molar-refractivity contribution in [2.24, 2.45) is 0 Å². The van der Waals surface area contributed by atoms with E-state index in [1.165, 1.54) is 18.2 Å². The Hall–Kier alpha value is -2.71. The molecule has 3 aromatic rings. The maximum absolute atomic E-state index is 14.1. The van der Waals surface area contributed by atoms with E-state index < -0.39 is 5.82 Å². The third-order valence-electron chi connectivity index (χ3n) is 6.79. The van der Waals surface area contributed by atoms with Gasteiger partial charge in [-0.25, -0.2) is 13.9 Å². The number of rotatable bonds is 5. The molecule has 2 aliphatic rings. The summed E-state index contributed by atoms with van der Waals surface area (Å²) in [4.78, 5) is 22.2. The van der Waals surface area contributed by atoms with Gasteiger partial charge >= 0.3 is 0 Å². The van der Waals surface area contributed by atoms with E-state index in [0.717, 1.165) is 67.2 Å². The number of carbonyl (C=O) groups excluding carboxylic acids is 1. The first kappa shape index (κ1) is 23.1. The normalized spacial score (nSPS) is 16.9. The molecule has 5 rings (SSSR count). The predicted molar refractivity (Wildman–Crippen MR) is 128 cm³/mol. The van der Waals surface area contributed by atoms with Crippen LogP contribution in [-0.4, -0.2) is 56.0 Å². The van der Waals surface area contributed by atoms with Crippen molar-refractivity contribution in [1.29, 1.82) is 0 Å². The summed E-state index contributed by atoms with van der Waals surface area (Å²) in [7, 11) is 0. The van der Waals surface area contributed by atoms with Gasteiger partial charge in [0, 0.05) is 24.7 Å². The highest BCUT2D eigenvalue weighted by Crippen LogP contribution is 2.32. The Morgan fingerprint density at radius 1 is 1.24 bits per heavy atom. The third kappa shape index (κ3) is 4.14. The standard InChI is InChI=1S/C25H29ClFN5O2/c1-4-9-30-10-7-18(8-11-30)34-22-12-17(27)5-6-19(22)25(33)31-13-20-21(14-31)29-32-16(3)23(26)15(2)28-24(20)32/h5-6,12,18H,4,7-11,13-14H2,1-3H3. The summed E-state index contributed by atoms with van der Waals surface area (Å²) in [5.41, 5.74) is 4.39. The molecular formula is C25H29ClFN5O2. The van der Waals surface area contributed by atoms with Gasteiger partial charge in [-0.1, -0.05) is 18.5 Å². The van der Waals surface area contributed by atoms with Crippen molar-refractivity contribution < 1.29 is 13.9 Å². The molecule has 7 nitrogen and oxygen atoms in total. The molecule has 0 spiro atoms. The summed E-state index contributed by atoms with van der Waals surface area (Å²) < 4.78 is 22.0. The van der Waals surface area contributed by atoms with Gasteiger partial charge < -0.3 is 14.5 Å². The van der Waals surface area contributed by atoms with E-state index in [1.807, 2.05) is 13.8 Å². The lowest BCUT2D eigenvalue weighted by Crippen LogP contribution is -2.38. The first-order valence-corrected chi connectivity index (χ1v) is 12.2. The fourth-order valence-electron chi connectivity index (χ4n) is 4.94. The number of hydrogen-bond acceptors (Lipinski definition) is 5. The molecule has 0 unspecified atom stereocenters. The quantitative estimate of drug-likeness (QED) is 0.530. The zero-order valence-electron chi connectivity index (χ0n) is 19.8. The summed E-state index contributed by atoms with van der Waals surface area (Å²) in [5, 5.41) is 5.25. The number of piperidine rings is 1. The van der Waals surface area contributed by atoms with Gasteiger partial charge in [0.2, 0.25) is 0 Å². The van der Waals surface area contributed by atoms with E-state index in [-0.39, 0.29) is 12.0 Å². The minimum atomic E-state index is -0.413. The van der Waals surface area contributed by atoms with Crippen LogP contribution in [0, 0.1) is 19.7 Å². The van der Waals surface area contributed by atoms with Crippen molar-refractivity contribution in [3.05, 3.63) is 57.2 Å². The Labute approximate surface area is 203 Å². The molecular weight excluding hydrogens is 457 g/mol. The number of amides is 1. The number of ether oxygens (including phenoxy) is 1. The van der Waals surface area contributed by atoms with Crippen molar-refractivity contribution in [3.8, 4) is 5.75 Å². The van der Waals surface area contributed by atoms with E-state index >= 15 is 0 Å². The Kier molecular flexibility index (Phi) is 6.20. The average Bonchev–Trinajstić information content (AvgIpc) is 3.38. The highest BCUT2D eigenvalue weighted by atomic mass is 35.5. The first-order valence-electron chi connectivity index (χ1n) is 11.9. The van der Waals surface area contributed by atoms with Crippen molar-refractivity contribution in [2.45, 2.75) is 59.2 Å². The molecule has 2 aromatic heterocycles. The van der Waals surface area contributed by atoms with Gasteiger partial charge in [-0.3, -0.25) is 4.79 Å². The van der Waals surface area contributed by atoms with Crippen LogP contribution in [0.25, 0.3) is 5.65 Å². The van der Waals surface area contributed by atoms with Crippen LogP contribution < -0.4 is 4.74 Å². The van der Waals surface area contributed by atoms with Crippen molar-refractivity contribution >= 4 is 23.2 Å². The molecule has 4 heterocycles. The predicted octanol–water partition coefficient (Wildman–Crippen LogP) is 4.55. The number of likely N-dealkylation sites (tertiary alicyclic amines) is 1. The van der Waals surface area contributed by atoms with E-state index in [0.29, 0.717) is 29.4 Å². The largest absolute Gasteiger partial charge is 0.489 e. The molecule has 0 N–H and O–H groups in total. The number of fused-ring (bicyclic) bond motifs is 3. The summed E-state index contributed by atoms with van der Waals surface area (Å²) >= 11 is 6.34. The van der Waals surface area contributed by atoms with Gasteiger partial charge in [-0.05, 0) is 51.8 Å². The van der Waals surface area contributed by atoms with Gasteiger partial charge in [0.05, 0.1) is 40.8 Å². The Bertz CT molecular complexity index is 1250. The van der Waals surface area contributed by atoms with Crippen LogP contribution in [0.4, 0.5) is 4.39 Å². The van der Waals surface area contributed by atoms with Gasteiger partial charge in [-0.15, -0.1) is 0 Å². The lowest BCUT2D eigenvalue weighted by atomic mass is 10.1. The molecule has 9 heteroatoms. The fourth-order valence-corrected chi connectivity index (χ4v) is 5.07. The molecule has 0 aliphatic carbocycles. The zero-order valence-corrected chi connectivity index (χ0v) is 20.5. The number of hydrogen-bond donors (Lipinski definition) is 0. The van der Waals surface area contributed by atoms with Crippen LogP contribution in [0.5, 0.6) is 5.75 Å². The number of benzene rings is 1. The lowest BCUT2D eigenvalue weighted by Gasteiger charge is -2.32. The first-order chi connectivity index (χ1) is 16.4. The zero-order chi connectivity index (χ0) is 24.0. The Morgan fingerprint density at radius 2 is 2.00 bits per heavy atom. The third-order valence-corrected chi connectivity index (χ3v) is 7.33. The van der Waals surface area contributed by atoms with Crippen LogP contribution in [0.2, 0.25) is 5.02 Å². The maximum Gasteiger partial charge on any atom is 0.258 e. The van der Waals surface area contributed by atoms with Crippen LogP contribution in [0.15, 0.2) is 18.2 Å². The second kappa shape index (κ2) is 9.15. The summed E-state index contributed by atoms with van der Waals surface area (Å²) in [5.74, 6) is -0.296. The molecule has 0 bridgehead atoms. The smallest absolute Gasteiger partial charge is 0.258 e. The van der Waals surface area contributed by atoms with Crippen molar-refractivity contribution in [3.63, 3.8) is 0 Å². The fraction of sp³-hybridized carbons (Fsp3) is 0.480. The second-order valence-electron chi connectivity index (χ2n) is 9.22. The van der Waals surface area contributed by atoms with E-state index in [1.54, 1.807) is 9.42 Å². The Balaban J connectivity index is 1.35. The van der Waals surface area contributed by atoms with Gasteiger partial charge in [0.25, 0.3) is 5.91 Å². The van der Waals surface area contributed by atoms with E-state index in [2.05, 4.69) is 21.9 Å². The van der Waals surface area contributed by atoms with Crippen molar-refractivity contribution in [2.75, 3.05) is 19.6 Å². The molecule has 0 atom stereocenters.